The minimum absolute atomic E-state index is 0.338. The van der Waals surface area contributed by atoms with Gasteiger partial charge in [0, 0.05) is 24.5 Å². The molecule has 0 aliphatic heterocycles. The molecule has 16 heavy (non-hydrogen) atoms. The van der Waals surface area contributed by atoms with Gasteiger partial charge in [-0.05, 0) is 0 Å². The summed E-state index contributed by atoms with van der Waals surface area (Å²) in [7, 11) is 0. The van der Waals surface area contributed by atoms with Crippen LogP contribution in [-0.4, -0.2) is 50.5 Å². The normalized spacial score (nSPS) is 11.7. The van der Waals surface area contributed by atoms with Crippen molar-refractivity contribution in [1.29, 1.82) is 0 Å². The van der Waals surface area contributed by atoms with E-state index >= 15 is 0 Å². The molecule has 1 aromatic rings. The Morgan fingerprint density at radius 2 is 2.00 bits per heavy atom. The third kappa shape index (κ3) is 2.89. The zero-order valence-corrected chi connectivity index (χ0v) is 9.00. The van der Waals surface area contributed by atoms with E-state index < -0.39 is 5.54 Å². The van der Waals surface area contributed by atoms with Crippen LogP contribution in [-0.2, 0) is 6.54 Å². The van der Waals surface area contributed by atoms with Gasteiger partial charge in [0.05, 0.1) is 31.6 Å². The summed E-state index contributed by atoms with van der Waals surface area (Å²) in [5.41, 5.74) is -0.185. The number of nitrogens with one attached hydrogen (secondary N) is 1. The first kappa shape index (κ1) is 12.9. The highest BCUT2D eigenvalue weighted by atomic mass is 16.3. The van der Waals surface area contributed by atoms with Crippen molar-refractivity contribution in [2.45, 2.75) is 12.1 Å². The zero-order chi connectivity index (χ0) is 12.0. The van der Waals surface area contributed by atoms with E-state index in [9.17, 15) is 0 Å². The average molecular weight is 227 g/mol. The summed E-state index contributed by atoms with van der Waals surface area (Å²) in [5, 5.41) is 34.1. The van der Waals surface area contributed by atoms with Gasteiger partial charge >= 0.3 is 0 Å². The summed E-state index contributed by atoms with van der Waals surface area (Å²) >= 11 is 0. The molecule has 0 aliphatic carbocycles. The lowest BCUT2D eigenvalue weighted by Crippen LogP contribution is -2.54. The zero-order valence-electron chi connectivity index (χ0n) is 9.00. The van der Waals surface area contributed by atoms with Crippen molar-refractivity contribution in [2.24, 2.45) is 0 Å². The molecule has 6 nitrogen and oxygen atoms in total. The van der Waals surface area contributed by atoms with E-state index in [4.69, 9.17) is 15.3 Å². The number of nitrogens with zero attached hydrogens (tertiary/aromatic N) is 2. The van der Waals surface area contributed by atoms with E-state index in [1.165, 1.54) is 0 Å². The highest BCUT2D eigenvalue weighted by Crippen LogP contribution is 2.05. The van der Waals surface area contributed by atoms with Crippen molar-refractivity contribution in [1.82, 2.24) is 15.1 Å². The Hall–Kier alpha value is -1.21. The van der Waals surface area contributed by atoms with Gasteiger partial charge in [-0.1, -0.05) is 6.58 Å². The average Bonchev–Trinajstić information content (AvgIpc) is 2.80. The first-order chi connectivity index (χ1) is 7.69. The fourth-order valence-corrected chi connectivity index (χ4v) is 1.18. The number of aliphatic hydroxyl groups excluding tert-OH is 3. The highest BCUT2D eigenvalue weighted by molar-refractivity contribution is 5.17. The van der Waals surface area contributed by atoms with Gasteiger partial charge in [-0.25, -0.2) is 4.68 Å². The molecule has 90 valence electrons. The van der Waals surface area contributed by atoms with E-state index in [-0.39, 0.29) is 19.8 Å². The molecule has 0 fully saturated rings. The molecule has 0 aliphatic rings. The van der Waals surface area contributed by atoms with Crippen LogP contribution in [0.15, 0.2) is 19.0 Å². The standard InChI is InChI=1S/C10H17N3O3/c1-2-13-5-9(4-12-13)3-11-10(6-14,7-15)8-16/h2,4-5,11,14-16H,1,3,6-8H2. The van der Waals surface area contributed by atoms with Crippen molar-refractivity contribution in [3.63, 3.8) is 0 Å². The Kier molecular flexibility index (Phi) is 4.63. The molecule has 4 N–H and O–H groups in total. The molecule has 0 amide bonds. The first-order valence-electron chi connectivity index (χ1n) is 4.93. The SMILES string of the molecule is C=Cn1cc(CNC(CO)(CO)CO)cn1. The third-order valence-electron chi connectivity index (χ3n) is 2.42. The lowest BCUT2D eigenvalue weighted by Gasteiger charge is -2.28. The highest BCUT2D eigenvalue weighted by Gasteiger charge is 2.27. The maximum atomic E-state index is 9.09. The van der Waals surface area contributed by atoms with Gasteiger partial charge in [-0.2, -0.15) is 5.10 Å². The van der Waals surface area contributed by atoms with E-state index in [1.54, 1.807) is 23.3 Å². The number of aromatic nitrogens is 2. The molecule has 0 saturated carbocycles. The van der Waals surface area contributed by atoms with Crippen molar-refractivity contribution in [3.05, 3.63) is 24.5 Å². The van der Waals surface area contributed by atoms with Crippen LogP contribution >= 0.6 is 0 Å². The van der Waals surface area contributed by atoms with Gasteiger partial charge in [0.25, 0.3) is 0 Å². The molecule has 1 rings (SSSR count). The van der Waals surface area contributed by atoms with E-state index in [0.717, 1.165) is 5.56 Å². The second kappa shape index (κ2) is 5.76. The molecule has 0 bridgehead atoms. The minimum atomic E-state index is -1.06. The van der Waals surface area contributed by atoms with Crippen molar-refractivity contribution in [3.8, 4) is 0 Å². The molecular formula is C10H17N3O3. The summed E-state index contributed by atoms with van der Waals surface area (Å²) in [6.45, 7) is 2.95. The maximum Gasteiger partial charge on any atom is 0.0884 e. The summed E-state index contributed by atoms with van der Waals surface area (Å²) < 4.78 is 1.55. The van der Waals surface area contributed by atoms with E-state index in [2.05, 4.69) is 17.0 Å². The van der Waals surface area contributed by atoms with Crippen LogP contribution in [0.25, 0.3) is 6.20 Å². The summed E-state index contributed by atoms with van der Waals surface area (Å²) in [6.07, 6.45) is 4.96. The topological polar surface area (TPSA) is 90.5 Å². The van der Waals surface area contributed by atoms with Gasteiger partial charge in [0.15, 0.2) is 0 Å². The molecule has 0 aromatic carbocycles. The number of hydrogen-bond donors (Lipinski definition) is 4. The molecule has 0 unspecified atom stereocenters. The Morgan fingerprint density at radius 3 is 2.44 bits per heavy atom. The number of rotatable bonds is 7. The minimum Gasteiger partial charge on any atom is -0.394 e. The van der Waals surface area contributed by atoms with Gasteiger partial charge in [0.1, 0.15) is 0 Å². The summed E-state index contributed by atoms with van der Waals surface area (Å²) in [5.74, 6) is 0. The van der Waals surface area contributed by atoms with E-state index in [0.29, 0.717) is 6.54 Å². The molecule has 0 radical (unpaired) electrons. The first-order valence-corrected chi connectivity index (χ1v) is 4.93. The van der Waals surface area contributed by atoms with Gasteiger partial charge in [-0.3, -0.25) is 0 Å². The molecule has 1 aromatic heterocycles. The van der Waals surface area contributed by atoms with Gasteiger partial charge in [0.2, 0.25) is 0 Å². The van der Waals surface area contributed by atoms with Crippen LogP contribution in [0.1, 0.15) is 5.56 Å². The summed E-state index contributed by atoms with van der Waals surface area (Å²) in [6, 6.07) is 0. The van der Waals surface area contributed by atoms with Crippen LogP contribution < -0.4 is 5.32 Å². The Morgan fingerprint density at radius 1 is 1.38 bits per heavy atom. The fraction of sp³-hybridized carbons (Fsp3) is 0.500. The second-order valence-corrected chi connectivity index (χ2v) is 3.62. The smallest absolute Gasteiger partial charge is 0.0884 e. The van der Waals surface area contributed by atoms with Crippen LogP contribution in [0.2, 0.25) is 0 Å². The fourth-order valence-electron chi connectivity index (χ4n) is 1.18. The van der Waals surface area contributed by atoms with Crippen molar-refractivity contribution in [2.75, 3.05) is 19.8 Å². The third-order valence-corrected chi connectivity index (χ3v) is 2.42. The van der Waals surface area contributed by atoms with Crippen LogP contribution in [0, 0.1) is 0 Å². The lowest BCUT2D eigenvalue weighted by molar-refractivity contribution is 0.0414. The molecule has 0 spiro atoms. The quantitative estimate of drug-likeness (QED) is 0.469. The monoisotopic (exact) mass is 227 g/mol. The van der Waals surface area contributed by atoms with Gasteiger partial charge in [-0.15, -0.1) is 0 Å². The molecule has 0 saturated heterocycles. The maximum absolute atomic E-state index is 9.09. The van der Waals surface area contributed by atoms with Crippen LogP contribution in [0.5, 0.6) is 0 Å². The molecule has 1 heterocycles. The van der Waals surface area contributed by atoms with Gasteiger partial charge < -0.3 is 20.6 Å². The molecule has 0 atom stereocenters. The molecule has 6 heteroatoms. The predicted molar refractivity (Wildman–Crippen MR) is 59.4 cm³/mol. The second-order valence-electron chi connectivity index (χ2n) is 3.62. The number of hydrogen-bond acceptors (Lipinski definition) is 5. The van der Waals surface area contributed by atoms with Crippen molar-refractivity contribution < 1.29 is 15.3 Å². The Bertz CT molecular complexity index is 326. The van der Waals surface area contributed by atoms with Crippen LogP contribution in [0.4, 0.5) is 0 Å². The van der Waals surface area contributed by atoms with Crippen molar-refractivity contribution >= 4 is 6.20 Å². The lowest BCUT2D eigenvalue weighted by atomic mass is 10.0. The largest absolute Gasteiger partial charge is 0.394 e. The Balaban J connectivity index is 2.58. The van der Waals surface area contributed by atoms with Crippen LogP contribution in [0.3, 0.4) is 0 Å². The Labute approximate surface area is 93.8 Å². The number of aliphatic hydroxyl groups is 3. The molecular weight excluding hydrogens is 210 g/mol. The van der Waals surface area contributed by atoms with E-state index in [1.807, 2.05) is 0 Å². The predicted octanol–water partition coefficient (Wildman–Crippen LogP) is -1.21. The summed E-state index contributed by atoms with van der Waals surface area (Å²) in [4.78, 5) is 0.